The number of amides is 2. The maximum atomic E-state index is 13.0. The van der Waals surface area contributed by atoms with Crippen molar-refractivity contribution < 1.29 is 28.5 Å². The Balaban J connectivity index is 2.12. The molecular weight excluding hydrogens is 390 g/mol. The number of methoxy groups -OCH3 is 3. The van der Waals surface area contributed by atoms with Crippen molar-refractivity contribution in [3.05, 3.63) is 29.0 Å². The maximum absolute atomic E-state index is 13.0. The standard InChI is InChI=1S/C21H29N3O6/c1-5-30-20(25)18-14(12-24-8-6-7-9-24)22-21(26)23-19(18)13-10-16(28-3)17(29-4)11-15(13)27-2/h10-11,19H,5-9,12H2,1-4H3,(H2,22,23,26)/t19-/m0/s1. The van der Waals surface area contributed by atoms with Crippen LogP contribution in [0.5, 0.6) is 17.2 Å². The van der Waals surface area contributed by atoms with Crippen LogP contribution < -0.4 is 24.8 Å². The molecule has 1 saturated heterocycles. The third-order valence-corrected chi connectivity index (χ3v) is 5.28. The lowest BCUT2D eigenvalue weighted by Crippen LogP contribution is -2.48. The van der Waals surface area contributed by atoms with Crippen LogP contribution in [0.25, 0.3) is 0 Å². The van der Waals surface area contributed by atoms with Gasteiger partial charge in [-0.2, -0.15) is 0 Å². The van der Waals surface area contributed by atoms with Crippen molar-refractivity contribution >= 4 is 12.0 Å². The van der Waals surface area contributed by atoms with Gasteiger partial charge in [-0.3, -0.25) is 4.90 Å². The Morgan fingerprint density at radius 1 is 1.07 bits per heavy atom. The Bertz CT molecular complexity index is 832. The smallest absolute Gasteiger partial charge is 0.338 e. The fourth-order valence-electron chi connectivity index (χ4n) is 3.87. The molecule has 0 unspecified atom stereocenters. The van der Waals surface area contributed by atoms with Crippen LogP contribution in [0.3, 0.4) is 0 Å². The van der Waals surface area contributed by atoms with Crippen molar-refractivity contribution in [2.75, 3.05) is 47.6 Å². The van der Waals surface area contributed by atoms with E-state index in [0.717, 1.165) is 25.9 Å². The van der Waals surface area contributed by atoms with Crippen molar-refractivity contribution in [3.63, 3.8) is 0 Å². The average Bonchev–Trinajstić information content (AvgIpc) is 3.25. The first-order valence-electron chi connectivity index (χ1n) is 10.0. The first-order chi connectivity index (χ1) is 14.5. The second kappa shape index (κ2) is 9.71. The molecule has 1 fully saturated rings. The summed E-state index contributed by atoms with van der Waals surface area (Å²) < 4.78 is 21.6. The summed E-state index contributed by atoms with van der Waals surface area (Å²) in [5.41, 5.74) is 1.47. The number of nitrogens with one attached hydrogen (secondary N) is 2. The first-order valence-corrected chi connectivity index (χ1v) is 10.0. The van der Waals surface area contributed by atoms with E-state index >= 15 is 0 Å². The van der Waals surface area contributed by atoms with Crippen LogP contribution in [0.1, 0.15) is 31.4 Å². The Labute approximate surface area is 176 Å². The molecule has 0 saturated carbocycles. The fourth-order valence-corrected chi connectivity index (χ4v) is 3.87. The molecule has 0 bridgehead atoms. The molecule has 2 aliphatic heterocycles. The third kappa shape index (κ3) is 4.46. The summed E-state index contributed by atoms with van der Waals surface area (Å²) in [4.78, 5) is 27.7. The van der Waals surface area contributed by atoms with E-state index in [1.165, 1.54) is 21.3 Å². The molecule has 2 aliphatic rings. The number of carbonyl (C=O) groups excluding carboxylic acids is 2. The van der Waals surface area contributed by atoms with Crippen LogP contribution in [0, 0.1) is 0 Å². The van der Waals surface area contributed by atoms with Crippen molar-refractivity contribution in [1.82, 2.24) is 15.5 Å². The largest absolute Gasteiger partial charge is 0.496 e. The number of rotatable bonds is 8. The summed E-state index contributed by atoms with van der Waals surface area (Å²) >= 11 is 0. The van der Waals surface area contributed by atoms with Gasteiger partial charge >= 0.3 is 12.0 Å². The molecule has 2 heterocycles. The molecule has 1 atom stereocenters. The van der Waals surface area contributed by atoms with E-state index in [2.05, 4.69) is 15.5 Å². The highest BCUT2D eigenvalue weighted by molar-refractivity contribution is 5.95. The van der Waals surface area contributed by atoms with E-state index < -0.39 is 12.0 Å². The lowest BCUT2D eigenvalue weighted by atomic mass is 9.93. The van der Waals surface area contributed by atoms with Crippen molar-refractivity contribution in [2.45, 2.75) is 25.8 Å². The Morgan fingerprint density at radius 2 is 1.70 bits per heavy atom. The highest BCUT2D eigenvalue weighted by atomic mass is 16.5. The average molecular weight is 419 g/mol. The third-order valence-electron chi connectivity index (χ3n) is 5.28. The molecule has 9 nitrogen and oxygen atoms in total. The van der Waals surface area contributed by atoms with Gasteiger partial charge in [0.25, 0.3) is 0 Å². The second-order valence-corrected chi connectivity index (χ2v) is 7.08. The van der Waals surface area contributed by atoms with Gasteiger partial charge in [-0.25, -0.2) is 9.59 Å². The molecule has 9 heteroatoms. The second-order valence-electron chi connectivity index (χ2n) is 7.08. The number of likely N-dealkylation sites (tertiary alicyclic amines) is 1. The van der Waals surface area contributed by atoms with Gasteiger partial charge in [0.15, 0.2) is 11.5 Å². The minimum atomic E-state index is -0.759. The predicted molar refractivity (Wildman–Crippen MR) is 110 cm³/mol. The van der Waals surface area contributed by atoms with Gasteiger partial charge in [0.2, 0.25) is 0 Å². The highest BCUT2D eigenvalue weighted by Crippen LogP contribution is 2.41. The number of carbonyl (C=O) groups is 2. The summed E-state index contributed by atoms with van der Waals surface area (Å²) in [5.74, 6) is 0.922. The molecule has 0 aromatic heterocycles. The topological polar surface area (TPSA) is 98.4 Å². The first kappa shape index (κ1) is 21.8. The lowest BCUT2D eigenvalue weighted by molar-refractivity contribution is -0.139. The predicted octanol–water partition coefficient (Wildman–Crippen LogP) is 1.98. The zero-order valence-corrected chi connectivity index (χ0v) is 17.9. The SMILES string of the molecule is CCOC(=O)C1=C(CN2CCCC2)NC(=O)N[C@H]1c1cc(OC)c(OC)cc1OC. The van der Waals surface area contributed by atoms with E-state index in [1.54, 1.807) is 19.1 Å². The van der Waals surface area contributed by atoms with Gasteiger partial charge in [0.05, 0.1) is 39.6 Å². The van der Waals surface area contributed by atoms with E-state index in [9.17, 15) is 9.59 Å². The van der Waals surface area contributed by atoms with Gasteiger partial charge in [-0.1, -0.05) is 0 Å². The number of hydrogen-bond donors (Lipinski definition) is 2. The van der Waals surface area contributed by atoms with Crippen LogP contribution in [0.2, 0.25) is 0 Å². The Hall–Kier alpha value is -2.94. The molecule has 1 aromatic carbocycles. The van der Waals surface area contributed by atoms with Crippen LogP contribution in [-0.4, -0.2) is 64.5 Å². The zero-order chi connectivity index (χ0) is 21.7. The van der Waals surface area contributed by atoms with Gasteiger partial charge in [0.1, 0.15) is 5.75 Å². The number of ether oxygens (including phenoxy) is 4. The van der Waals surface area contributed by atoms with Crippen LogP contribution in [0.4, 0.5) is 4.79 Å². The van der Waals surface area contributed by atoms with E-state index in [0.29, 0.717) is 40.6 Å². The Kier molecular flexibility index (Phi) is 7.04. The lowest BCUT2D eigenvalue weighted by Gasteiger charge is -2.32. The summed E-state index contributed by atoms with van der Waals surface area (Å²) in [7, 11) is 4.57. The summed E-state index contributed by atoms with van der Waals surface area (Å²) in [6, 6.07) is 2.23. The minimum Gasteiger partial charge on any atom is -0.496 e. The van der Waals surface area contributed by atoms with E-state index in [4.69, 9.17) is 18.9 Å². The monoisotopic (exact) mass is 419 g/mol. The number of nitrogens with zero attached hydrogens (tertiary/aromatic N) is 1. The molecule has 1 aromatic rings. The fraction of sp³-hybridized carbons (Fsp3) is 0.524. The molecular formula is C21H29N3O6. The van der Waals surface area contributed by atoms with Gasteiger partial charge < -0.3 is 29.6 Å². The highest BCUT2D eigenvalue weighted by Gasteiger charge is 2.36. The zero-order valence-electron chi connectivity index (χ0n) is 17.9. The van der Waals surface area contributed by atoms with Gasteiger partial charge in [-0.05, 0) is 38.9 Å². The maximum Gasteiger partial charge on any atom is 0.338 e. The normalized spacial score (nSPS) is 19.2. The summed E-state index contributed by atoms with van der Waals surface area (Å²) in [5, 5.41) is 5.65. The molecule has 30 heavy (non-hydrogen) atoms. The molecule has 164 valence electrons. The molecule has 2 amide bonds. The van der Waals surface area contributed by atoms with E-state index in [-0.39, 0.29) is 12.6 Å². The van der Waals surface area contributed by atoms with E-state index in [1.807, 2.05) is 0 Å². The van der Waals surface area contributed by atoms with Gasteiger partial charge in [0, 0.05) is 23.9 Å². The number of urea groups is 1. The van der Waals surface area contributed by atoms with Crippen molar-refractivity contribution in [2.24, 2.45) is 0 Å². The number of hydrogen-bond acceptors (Lipinski definition) is 7. The van der Waals surface area contributed by atoms with Crippen LogP contribution in [0.15, 0.2) is 23.4 Å². The molecule has 3 rings (SSSR count). The summed E-state index contributed by atoms with van der Waals surface area (Å²) in [6.07, 6.45) is 2.20. The minimum absolute atomic E-state index is 0.225. The molecule has 0 radical (unpaired) electrons. The quantitative estimate of drug-likeness (QED) is 0.622. The summed E-state index contributed by atoms with van der Waals surface area (Å²) in [6.45, 7) is 4.29. The van der Waals surface area contributed by atoms with Crippen LogP contribution in [-0.2, 0) is 9.53 Å². The van der Waals surface area contributed by atoms with Crippen molar-refractivity contribution in [1.29, 1.82) is 0 Å². The molecule has 0 aliphatic carbocycles. The Morgan fingerprint density at radius 3 is 2.30 bits per heavy atom. The number of esters is 1. The van der Waals surface area contributed by atoms with Crippen molar-refractivity contribution in [3.8, 4) is 17.2 Å². The molecule has 2 N–H and O–H groups in total. The van der Waals surface area contributed by atoms with Crippen LogP contribution >= 0.6 is 0 Å². The number of benzene rings is 1. The van der Waals surface area contributed by atoms with Gasteiger partial charge in [-0.15, -0.1) is 0 Å². The molecule has 0 spiro atoms.